The summed E-state index contributed by atoms with van der Waals surface area (Å²) in [7, 11) is 2.76. The molecule has 9 nitrogen and oxygen atoms in total. The van der Waals surface area contributed by atoms with Gasteiger partial charge in [-0.3, -0.25) is 9.09 Å². The molecular formula is C17H34B2O9P2. The quantitative estimate of drug-likeness (QED) is 0.266. The molecule has 1 rings (SSSR count). The van der Waals surface area contributed by atoms with Crippen LogP contribution in [0.4, 0.5) is 0 Å². The van der Waals surface area contributed by atoms with E-state index in [9.17, 15) is 29.3 Å². The van der Waals surface area contributed by atoms with Crippen molar-refractivity contribution in [2.45, 2.75) is 108 Å². The Hall–Kier alpha value is 0.310. The fraction of sp³-hybridized carbons (Fsp3) is 1.00. The second-order valence-corrected chi connectivity index (χ2v) is 13.0. The van der Waals surface area contributed by atoms with Crippen molar-refractivity contribution in [3.8, 4) is 0 Å². The van der Waals surface area contributed by atoms with Gasteiger partial charge in [0.05, 0.1) is 17.8 Å². The summed E-state index contributed by atoms with van der Waals surface area (Å²) in [5.41, 5.74) is -1.20. The third kappa shape index (κ3) is 5.80. The van der Waals surface area contributed by atoms with E-state index >= 15 is 0 Å². The van der Waals surface area contributed by atoms with Gasteiger partial charge in [-0.25, -0.2) is 0 Å². The summed E-state index contributed by atoms with van der Waals surface area (Å²) in [5, 5.41) is 26.2. The predicted molar refractivity (Wildman–Crippen MR) is 115 cm³/mol. The average molecular weight is 466 g/mol. The van der Waals surface area contributed by atoms with Crippen LogP contribution in [0.1, 0.15) is 67.2 Å². The van der Waals surface area contributed by atoms with Gasteiger partial charge in [0.25, 0.3) is 0 Å². The van der Waals surface area contributed by atoms with Gasteiger partial charge in [-0.1, -0.05) is 20.8 Å². The Morgan fingerprint density at radius 3 is 1.90 bits per heavy atom. The lowest BCUT2D eigenvalue weighted by Gasteiger charge is -2.43. The maximum absolute atomic E-state index is 13.5. The summed E-state index contributed by atoms with van der Waals surface area (Å²) >= 11 is 0. The van der Waals surface area contributed by atoms with Crippen molar-refractivity contribution in [3.05, 3.63) is 0 Å². The first kappa shape index (κ1) is 28.3. The van der Waals surface area contributed by atoms with Crippen LogP contribution in [0.5, 0.6) is 0 Å². The third-order valence-electron chi connectivity index (χ3n) is 6.05. The molecule has 30 heavy (non-hydrogen) atoms. The maximum Gasteiger partial charge on any atom is 0.360 e. The van der Waals surface area contributed by atoms with Gasteiger partial charge in [-0.2, -0.15) is 0 Å². The summed E-state index contributed by atoms with van der Waals surface area (Å²) in [6.07, 6.45) is -3.27. The van der Waals surface area contributed by atoms with Gasteiger partial charge in [-0.05, 0) is 40.0 Å². The minimum Gasteiger partial charge on any atom is -0.388 e. The number of aliphatic hydroxyl groups is 3. The number of aliphatic hydroxyl groups excluding tert-OH is 2. The van der Waals surface area contributed by atoms with Crippen molar-refractivity contribution in [3.63, 3.8) is 0 Å². The zero-order chi connectivity index (χ0) is 23.8. The van der Waals surface area contributed by atoms with E-state index in [1.54, 1.807) is 20.8 Å². The molecule has 0 aromatic rings. The van der Waals surface area contributed by atoms with Gasteiger partial charge in [0.15, 0.2) is 12.6 Å². The van der Waals surface area contributed by atoms with Gasteiger partial charge in [0, 0.05) is 12.4 Å². The number of ether oxygens (including phenoxy) is 1. The van der Waals surface area contributed by atoms with E-state index in [4.69, 9.17) is 29.2 Å². The van der Waals surface area contributed by atoms with Crippen molar-refractivity contribution in [2.75, 3.05) is 0 Å². The summed E-state index contributed by atoms with van der Waals surface area (Å²) in [4.78, 5) is 10.3. The third-order valence-corrected chi connectivity index (χ3v) is 10.8. The molecule has 1 fully saturated rings. The predicted octanol–water partition coefficient (Wildman–Crippen LogP) is 1.99. The lowest BCUT2D eigenvalue weighted by Crippen LogP contribution is -2.41. The van der Waals surface area contributed by atoms with Crippen LogP contribution < -0.4 is 0 Å². The molecule has 13 heteroatoms. The van der Waals surface area contributed by atoms with Crippen LogP contribution >= 0.6 is 14.8 Å². The minimum absolute atomic E-state index is 0.000127. The Morgan fingerprint density at radius 2 is 1.53 bits per heavy atom. The molecule has 0 saturated carbocycles. The van der Waals surface area contributed by atoms with Crippen molar-refractivity contribution in [1.82, 2.24) is 0 Å². The van der Waals surface area contributed by atoms with E-state index < -0.39 is 55.4 Å². The Morgan fingerprint density at radius 1 is 1.00 bits per heavy atom. The molecule has 0 spiro atoms. The minimum atomic E-state index is -4.65. The summed E-state index contributed by atoms with van der Waals surface area (Å²) in [6, 6.07) is -1.07. The van der Waals surface area contributed by atoms with E-state index in [0.29, 0.717) is 0 Å². The van der Waals surface area contributed by atoms with E-state index in [2.05, 4.69) is 0 Å². The van der Waals surface area contributed by atoms with E-state index in [1.807, 2.05) is 0 Å². The summed E-state index contributed by atoms with van der Waals surface area (Å²) in [6.45, 7) is 8.84. The molecule has 172 valence electrons. The Bertz CT molecular complexity index is 694. The van der Waals surface area contributed by atoms with Gasteiger partial charge in [0.1, 0.15) is 19.3 Å². The smallest absolute Gasteiger partial charge is 0.360 e. The molecule has 0 aromatic heterocycles. The molecule has 1 saturated heterocycles. The average Bonchev–Trinajstić information content (AvgIpc) is 2.86. The fourth-order valence-electron chi connectivity index (χ4n) is 2.95. The lowest BCUT2D eigenvalue weighted by molar-refractivity contribution is -0.0362. The molecule has 0 aliphatic carbocycles. The van der Waals surface area contributed by atoms with Crippen molar-refractivity contribution >= 4 is 30.3 Å². The molecule has 4 N–H and O–H groups in total. The highest BCUT2D eigenvalue weighted by atomic mass is 31.2. The second kappa shape index (κ2) is 9.66. The molecule has 1 heterocycles. The summed E-state index contributed by atoms with van der Waals surface area (Å²) in [5.74, 6) is 0. The van der Waals surface area contributed by atoms with Gasteiger partial charge >= 0.3 is 7.60 Å². The summed E-state index contributed by atoms with van der Waals surface area (Å²) < 4.78 is 42.6. The van der Waals surface area contributed by atoms with Crippen LogP contribution in [0.25, 0.3) is 0 Å². The molecule has 4 radical (unpaired) electrons. The molecule has 0 bridgehead atoms. The van der Waals surface area contributed by atoms with Gasteiger partial charge in [-0.15, -0.1) is 0 Å². The molecule has 0 aromatic carbocycles. The Balaban J connectivity index is 3.14. The highest BCUT2D eigenvalue weighted by Gasteiger charge is 2.54. The first-order chi connectivity index (χ1) is 13.4. The molecule has 9 atom stereocenters. The standard InChI is InChI=1S/C17H34B2O9P2/c1-7-15(4,10-11-12(20)13(21)14(18)26-11)27-29(19,23)17(6,9-3)28-30(24,25)16(5,22)8-2/h11-14,20-22H,7-10H2,1-6H3,(H,24,25)/t11-,12-,13-,14-,15?,16?,17?,29?/m1/s1. The van der Waals surface area contributed by atoms with Crippen molar-refractivity contribution in [2.24, 2.45) is 0 Å². The number of rotatable bonds is 11. The number of hydrogen-bond acceptors (Lipinski definition) is 8. The van der Waals surface area contributed by atoms with Crippen LogP contribution in [0.2, 0.25) is 0 Å². The zero-order valence-corrected chi connectivity index (χ0v) is 20.3. The van der Waals surface area contributed by atoms with Crippen molar-refractivity contribution < 1.29 is 43.1 Å². The topological polar surface area (TPSA) is 143 Å². The van der Waals surface area contributed by atoms with E-state index in [-0.39, 0.29) is 25.7 Å². The first-order valence-corrected chi connectivity index (χ1v) is 13.3. The van der Waals surface area contributed by atoms with Crippen LogP contribution in [0.15, 0.2) is 0 Å². The maximum atomic E-state index is 13.5. The monoisotopic (exact) mass is 466 g/mol. The van der Waals surface area contributed by atoms with Crippen LogP contribution in [-0.2, 0) is 22.9 Å². The first-order valence-electron chi connectivity index (χ1n) is 10.0. The number of hydrogen-bond donors (Lipinski definition) is 4. The zero-order valence-electron chi connectivity index (χ0n) is 18.5. The largest absolute Gasteiger partial charge is 0.388 e. The Labute approximate surface area is 181 Å². The van der Waals surface area contributed by atoms with Gasteiger partial charge in [0.2, 0.25) is 7.57 Å². The fourth-order valence-corrected chi connectivity index (χ4v) is 6.49. The molecule has 0 amide bonds. The van der Waals surface area contributed by atoms with E-state index in [1.165, 1.54) is 13.8 Å². The normalized spacial score (nSPS) is 34.9. The highest BCUT2D eigenvalue weighted by Crippen LogP contribution is 2.68. The van der Waals surface area contributed by atoms with Crippen LogP contribution in [0, 0.1) is 0 Å². The second-order valence-electron chi connectivity index (χ2n) is 8.53. The van der Waals surface area contributed by atoms with Crippen molar-refractivity contribution in [1.29, 1.82) is 0 Å². The molecule has 5 unspecified atom stereocenters. The van der Waals surface area contributed by atoms with Crippen LogP contribution in [0.3, 0.4) is 0 Å². The highest BCUT2D eigenvalue weighted by molar-refractivity contribution is 7.84. The molecular weight excluding hydrogens is 432 g/mol. The van der Waals surface area contributed by atoms with E-state index in [0.717, 1.165) is 6.92 Å². The lowest BCUT2D eigenvalue weighted by atomic mass is 9.90. The molecule has 1 aliphatic rings. The molecule has 1 aliphatic heterocycles. The van der Waals surface area contributed by atoms with Crippen LogP contribution in [-0.4, -0.2) is 76.2 Å². The van der Waals surface area contributed by atoms with Gasteiger partial charge < -0.3 is 34.0 Å². The SMILES string of the molecule is [B][C@@H]1O[C@H](CC(C)(CC)OP([B])(=O)C(C)(CC)OP(=O)(O)C(C)(O)CC)[C@@H](O)[C@H]1O. The Kier molecular flexibility index (Phi) is 9.13.